The molecule has 20 heavy (non-hydrogen) atoms. The molecule has 1 aromatic heterocycles. The molecule has 1 aliphatic rings. The number of nitrogens with one attached hydrogen (secondary N) is 2. The fraction of sp³-hybridized carbons (Fsp3) is 0.786. The third-order valence-electron chi connectivity index (χ3n) is 3.49. The van der Waals surface area contributed by atoms with Crippen LogP contribution in [0.5, 0.6) is 6.01 Å². The van der Waals surface area contributed by atoms with Crippen LogP contribution in [0.15, 0.2) is 0 Å². The van der Waals surface area contributed by atoms with Crippen molar-refractivity contribution in [2.45, 2.75) is 52.5 Å². The summed E-state index contributed by atoms with van der Waals surface area (Å²) in [5.41, 5.74) is 0. The largest absolute Gasteiger partial charge is 0.464 e. The van der Waals surface area contributed by atoms with E-state index in [1.807, 2.05) is 13.8 Å². The van der Waals surface area contributed by atoms with E-state index < -0.39 is 0 Å². The lowest BCUT2D eigenvalue weighted by molar-refractivity contribution is 0.311. The Morgan fingerprint density at radius 2 is 1.95 bits per heavy atom. The molecule has 0 amide bonds. The van der Waals surface area contributed by atoms with Gasteiger partial charge in [-0.05, 0) is 32.6 Å². The standard InChI is InChI=1S/C14H25N5O/c1-4-15-12-17-13(19-14(18-12)20-5-2)16-11-8-6-7-10(3)9-11/h10-11H,4-9H2,1-3H3,(H2,15,16,17,18,19). The van der Waals surface area contributed by atoms with Crippen molar-refractivity contribution in [2.24, 2.45) is 5.92 Å². The van der Waals surface area contributed by atoms with Gasteiger partial charge in [0.05, 0.1) is 6.61 Å². The number of aromatic nitrogens is 3. The van der Waals surface area contributed by atoms with Gasteiger partial charge in [-0.3, -0.25) is 0 Å². The smallest absolute Gasteiger partial charge is 0.323 e. The normalized spacial score (nSPS) is 22.4. The summed E-state index contributed by atoms with van der Waals surface area (Å²) >= 11 is 0. The van der Waals surface area contributed by atoms with Gasteiger partial charge in [0.15, 0.2) is 0 Å². The number of nitrogens with zero attached hydrogens (tertiary/aromatic N) is 3. The maximum atomic E-state index is 5.40. The molecule has 2 atom stereocenters. The highest BCUT2D eigenvalue weighted by molar-refractivity contribution is 5.36. The van der Waals surface area contributed by atoms with Gasteiger partial charge in [-0.25, -0.2) is 0 Å². The van der Waals surface area contributed by atoms with Crippen molar-refractivity contribution in [2.75, 3.05) is 23.8 Å². The molecule has 2 unspecified atom stereocenters. The lowest BCUT2D eigenvalue weighted by Crippen LogP contribution is -2.27. The Labute approximate surface area is 120 Å². The first-order valence-corrected chi connectivity index (χ1v) is 7.60. The molecule has 0 aromatic carbocycles. The van der Waals surface area contributed by atoms with E-state index in [1.54, 1.807) is 0 Å². The fourth-order valence-corrected chi connectivity index (χ4v) is 2.60. The number of anilines is 2. The molecular weight excluding hydrogens is 254 g/mol. The van der Waals surface area contributed by atoms with Gasteiger partial charge in [0.25, 0.3) is 0 Å². The van der Waals surface area contributed by atoms with E-state index in [2.05, 4.69) is 32.5 Å². The second-order valence-electron chi connectivity index (χ2n) is 5.34. The van der Waals surface area contributed by atoms with Crippen LogP contribution in [0, 0.1) is 5.92 Å². The topological polar surface area (TPSA) is 72.0 Å². The van der Waals surface area contributed by atoms with Crippen LogP contribution in [0.4, 0.5) is 11.9 Å². The SMILES string of the molecule is CCNc1nc(NC2CCCC(C)C2)nc(OCC)n1. The molecule has 0 spiro atoms. The zero-order chi connectivity index (χ0) is 14.4. The minimum atomic E-state index is 0.379. The van der Waals surface area contributed by atoms with Gasteiger partial charge < -0.3 is 15.4 Å². The zero-order valence-electron chi connectivity index (χ0n) is 12.6. The Morgan fingerprint density at radius 1 is 1.15 bits per heavy atom. The van der Waals surface area contributed by atoms with Gasteiger partial charge in [0, 0.05) is 12.6 Å². The molecule has 1 saturated carbocycles. The Hall–Kier alpha value is -1.59. The van der Waals surface area contributed by atoms with E-state index in [0.29, 0.717) is 30.6 Å². The maximum absolute atomic E-state index is 5.40. The zero-order valence-corrected chi connectivity index (χ0v) is 12.6. The van der Waals surface area contributed by atoms with Gasteiger partial charge in [0.2, 0.25) is 11.9 Å². The summed E-state index contributed by atoms with van der Waals surface area (Å²) in [5, 5.41) is 6.54. The summed E-state index contributed by atoms with van der Waals surface area (Å²) in [6, 6.07) is 0.829. The van der Waals surface area contributed by atoms with Gasteiger partial charge in [-0.2, -0.15) is 15.0 Å². The summed E-state index contributed by atoms with van der Waals surface area (Å²) in [5.74, 6) is 1.94. The predicted molar refractivity (Wildman–Crippen MR) is 80.2 cm³/mol. The molecule has 0 radical (unpaired) electrons. The monoisotopic (exact) mass is 279 g/mol. The summed E-state index contributed by atoms with van der Waals surface area (Å²) in [6.45, 7) is 7.56. The minimum absolute atomic E-state index is 0.379. The van der Waals surface area contributed by atoms with E-state index in [9.17, 15) is 0 Å². The molecule has 2 rings (SSSR count). The maximum Gasteiger partial charge on any atom is 0.323 e. The van der Waals surface area contributed by atoms with Crippen LogP contribution >= 0.6 is 0 Å². The first-order chi connectivity index (χ1) is 9.71. The van der Waals surface area contributed by atoms with Crippen molar-refractivity contribution < 1.29 is 4.74 Å². The highest BCUT2D eigenvalue weighted by atomic mass is 16.5. The lowest BCUT2D eigenvalue weighted by atomic mass is 9.87. The second kappa shape index (κ2) is 7.26. The molecule has 6 nitrogen and oxygen atoms in total. The molecular formula is C14H25N5O. The van der Waals surface area contributed by atoms with E-state index in [-0.39, 0.29) is 0 Å². The highest BCUT2D eigenvalue weighted by Crippen LogP contribution is 2.25. The van der Waals surface area contributed by atoms with Crippen molar-refractivity contribution in [1.29, 1.82) is 0 Å². The Morgan fingerprint density at radius 3 is 2.65 bits per heavy atom. The molecule has 112 valence electrons. The summed E-state index contributed by atoms with van der Waals surface area (Å²) < 4.78 is 5.40. The van der Waals surface area contributed by atoms with E-state index in [4.69, 9.17) is 4.74 Å². The van der Waals surface area contributed by atoms with Crippen LogP contribution in [0.25, 0.3) is 0 Å². The molecule has 1 fully saturated rings. The van der Waals surface area contributed by atoms with Gasteiger partial charge in [-0.1, -0.05) is 19.8 Å². The fourth-order valence-electron chi connectivity index (χ4n) is 2.60. The van der Waals surface area contributed by atoms with Crippen LogP contribution in [-0.2, 0) is 0 Å². The van der Waals surface area contributed by atoms with Crippen molar-refractivity contribution in [1.82, 2.24) is 15.0 Å². The summed E-state index contributed by atoms with van der Waals surface area (Å²) in [7, 11) is 0. The van der Waals surface area contributed by atoms with Crippen molar-refractivity contribution in [3.63, 3.8) is 0 Å². The summed E-state index contributed by atoms with van der Waals surface area (Å²) in [6.07, 6.45) is 4.94. The average Bonchev–Trinajstić information content (AvgIpc) is 2.39. The number of hydrogen-bond donors (Lipinski definition) is 2. The van der Waals surface area contributed by atoms with Gasteiger partial charge in [0.1, 0.15) is 0 Å². The molecule has 2 N–H and O–H groups in total. The average molecular weight is 279 g/mol. The molecule has 0 saturated heterocycles. The van der Waals surface area contributed by atoms with E-state index in [1.165, 1.54) is 25.7 Å². The third kappa shape index (κ3) is 4.21. The molecule has 1 aliphatic carbocycles. The molecule has 1 heterocycles. The van der Waals surface area contributed by atoms with Crippen LogP contribution in [0.2, 0.25) is 0 Å². The van der Waals surface area contributed by atoms with Crippen LogP contribution in [0.3, 0.4) is 0 Å². The Kier molecular flexibility index (Phi) is 5.38. The van der Waals surface area contributed by atoms with Gasteiger partial charge in [-0.15, -0.1) is 0 Å². The predicted octanol–water partition coefficient (Wildman–Crippen LogP) is 2.69. The first kappa shape index (κ1) is 14.8. The van der Waals surface area contributed by atoms with Crippen LogP contribution in [0.1, 0.15) is 46.5 Å². The molecule has 0 bridgehead atoms. The molecule has 6 heteroatoms. The first-order valence-electron chi connectivity index (χ1n) is 7.60. The quantitative estimate of drug-likeness (QED) is 0.834. The lowest BCUT2D eigenvalue weighted by Gasteiger charge is -2.27. The van der Waals surface area contributed by atoms with Gasteiger partial charge >= 0.3 is 6.01 Å². The number of rotatable bonds is 6. The summed E-state index contributed by atoms with van der Waals surface area (Å²) in [4.78, 5) is 13.0. The molecule has 1 aromatic rings. The third-order valence-corrected chi connectivity index (χ3v) is 3.49. The van der Waals surface area contributed by atoms with Crippen molar-refractivity contribution in [3.8, 4) is 6.01 Å². The minimum Gasteiger partial charge on any atom is -0.464 e. The van der Waals surface area contributed by atoms with Crippen molar-refractivity contribution >= 4 is 11.9 Å². The number of hydrogen-bond acceptors (Lipinski definition) is 6. The van der Waals surface area contributed by atoms with E-state index >= 15 is 0 Å². The van der Waals surface area contributed by atoms with Crippen LogP contribution in [-0.4, -0.2) is 34.1 Å². The van der Waals surface area contributed by atoms with E-state index in [0.717, 1.165) is 12.5 Å². The van der Waals surface area contributed by atoms with Crippen LogP contribution < -0.4 is 15.4 Å². The Bertz CT molecular complexity index is 402. The number of ether oxygens (including phenoxy) is 1. The Balaban J connectivity index is 2.08. The molecule has 0 aliphatic heterocycles. The van der Waals surface area contributed by atoms with Crippen molar-refractivity contribution in [3.05, 3.63) is 0 Å². The second-order valence-corrected chi connectivity index (χ2v) is 5.34. The highest BCUT2D eigenvalue weighted by Gasteiger charge is 2.20.